The Morgan fingerprint density at radius 3 is 2.50 bits per heavy atom. The average molecular weight is 242 g/mol. The molecular weight excluding hydrogens is 228 g/mol. The summed E-state index contributed by atoms with van der Waals surface area (Å²) in [5.74, 6) is -0.0845. The molecule has 2 aromatic rings. The van der Waals surface area contributed by atoms with Gasteiger partial charge in [-0.25, -0.2) is 4.79 Å². The van der Waals surface area contributed by atoms with Crippen LogP contribution in [0.25, 0.3) is 0 Å². The van der Waals surface area contributed by atoms with E-state index in [9.17, 15) is 9.90 Å². The second-order valence-corrected chi connectivity index (χ2v) is 3.87. The van der Waals surface area contributed by atoms with Crippen molar-refractivity contribution in [3.05, 3.63) is 59.7 Å². The zero-order valence-electron chi connectivity index (χ0n) is 10.1. The summed E-state index contributed by atoms with van der Waals surface area (Å²) in [4.78, 5) is 11.9. The highest BCUT2D eigenvalue weighted by molar-refractivity contribution is 5.93. The molecule has 0 aromatic heterocycles. The van der Waals surface area contributed by atoms with Gasteiger partial charge in [0.25, 0.3) is 0 Å². The summed E-state index contributed by atoms with van der Waals surface area (Å²) in [6.07, 6.45) is 0.782. The minimum Gasteiger partial charge on any atom is -0.507 e. The van der Waals surface area contributed by atoms with Crippen molar-refractivity contribution in [1.82, 2.24) is 0 Å². The van der Waals surface area contributed by atoms with Gasteiger partial charge in [0, 0.05) is 0 Å². The molecule has 3 heteroatoms. The number of aromatic hydroxyl groups is 1. The van der Waals surface area contributed by atoms with E-state index in [1.807, 2.05) is 25.1 Å². The summed E-state index contributed by atoms with van der Waals surface area (Å²) in [7, 11) is 0. The van der Waals surface area contributed by atoms with Crippen LogP contribution in [0, 0.1) is 0 Å². The highest BCUT2D eigenvalue weighted by atomic mass is 16.5. The van der Waals surface area contributed by atoms with Gasteiger partial charge in [0.2, 0.25) is 0 Å². The Labute approximate surface area is 106 Å². The number of carbonyl (C=O) groups excluding carboxylic acids is 1. The van der Waals surface area contributed by atoms with Gasteiger partial charge in [-0.1, -0.05) is 37.3 Å². The van der Waals surface area contributed by atoms with E-state index in [0.717, 1.165) is 12.0 Å². The fraction of sp³-hybridized carbons (Fsp3) is 0.133. The summed E-state index contributed by atoms with van der Waals surface area (Å²) >= 11 is 0. The molecule has 0 fully saturated rings. The van der Waals surface area contributed by atoms with Crippen LogP contribution in [-0.2, 0) is 6.42 Å². The van der Waals surface area contributed by atoms with E-state index >= 15 is 0 Å². The maximum absolute atomic E-state index is 11.9. The van der Waals surface area contributed by atoms with Crippen LogP contribution in [0.15, 0.2) is 48.5 Å². The number of esters is 1. The predicted octanol–water partition coefficient (Wildman–Crippen LogP) is 3.17. The lowest BCUT2D eigenvalue weighted by molar-refractivity contribution is 0.0730. The van der Waals surface area contributed by atoms with Crippen molar-refractivity contribution in [2.24, 2.45) is 0 Å². The third-order valence-corrected chi connectivity index (χ3v) is 2.68. The number of phenolic OH excluding ortho intramolecular Hbond substituents is 1. The van der Waals surface area contributed by atoms with E-state index in [4.69, 9.17) is 4.74 Å². The summed E-state index contributed by atoms with van der Waals surface area (Å²) in [5.41, 5.74) is 1.13. The maximum Gasteiger partial charge on any atom is 0.347 e. The number of hydrogen-bond acceptors (Lipinski definition) is 3. The monoisotopic (exact) mass is 242 g/mol. The Kier molecular flexibility index (Phi) is 3.63. The Bertz CT molecular complexity index is 561. The zero-order chi connectivity index (χ0) is 13.0. The molecule has 0 radical (unpaired) electrons. The molecule has 0 aliphatic carbocycles. The van der Waals surface area contributed by atoms with Crippen LogP contribution in [0.1, 0.15) is 22.8 Å². The summed E-state index contributed by atoms with van der Waals surface area (Å²) in [6, 6.07) is 13.7. The van der Waals surface area contributed by atoms with Crippen LogP contribution in [0.5, 0.6) is 11.5 Å². The highest BCUT2D eigenvalue weighted by Crippen LogP contribution is 2.22. The van der Waals surface area contributed by atoms with Gasteiger partial charge < -0.3 is 9.84 Å². The molecule has 0 unspecified atom stereocenters. The molecule has 0 heterocycles. The largest absolute Gasteiger partial charge is 0.507 e. The third-order valence-electron chi connectivity index (χ3n) is 2.68. The molecule has 18 heavy (non-hydrogen) atoms. The first-order chi connectivity index (χ1) is 8.72. The molecule has 0 saturated heterocycles. The number of hydrogen-bond donors (Lipinski definition) is 1. The van der Waals surface area contributed by atoms with E-state index < -0.39 is 5.97 Å². The number of rotatable bonds is 3. The number of para-hydroxylation sites is 2. The molecule has 0 aliphatic rings. The normalized spacial score (nSPS) is 10.1. The van der Waals surface area contributed by atoms with Gasteiger partial charge in [-0.15, -0.1) is 0 Å². The van der Waals surface area contributed by atoms with Crippen molar-refractivity contribution < 1.29 is 14.6 Å². The lowest BCUT2D eigenvalue weighted by Gasteiger charge is -2.09. The third kappa shape index (κ3) is 2.51. The van der Waals surface area contributed by atoms with Crippen LogP contribution < -0.4 is 4.74 Å². The Morgan fingerprint density at radius 1 is 1.11 bits per heavy atom. The average Bonchev–Trinajstić information content (AvgIpc) is 2.39. The first-order valence-electron chi connectivity index (χ1n) is 5.80. The molecule has 0 amide bonds. The smallest absolute Gasteiger partial charge is 0.347 e. The molecule has 0 atom stereocenters. The molecule has 0 bridgehead atoms. The zero-order valence-corrected chi connectivity index (χ0v) is 10.1. The number of carbonyl (C=O) groups is 1. The first-order valence-corrected chi connectivity index (χ1v) is 5.80. The Hall–Kier alpha value is -2.29. The van der Waals surface area contributed by atoms with Gasteiger partial charge in [0.15, 0.2) is 0 Å². The number of aryl methyl sites for hydroxylation is 1. The molecule has 2 rings (SSSR count). The van der Waals surface area contributed by atoms with Crippen molar-refractivity contribution in [3.63, 3.8) is 0 Å². The van der Waals surface area contributed by atoms with Crippen molar-refractivity contribution in [3.8, 4) is 11.5 Å². The molecular formula is C15H14O3. The summed E-state index contributed by atoms with van der Waals surface area (Å²) in [6.45, 7) is 1.99. The summed E-state index contributed by atoms with van der Waals surface area (Å²) < 4.78 is 5.30. The van der Waals surface area contributed by atoms with Crippen molar-refractivity contribution in [1.29, 1.82) is 0 Å². The number of phenols is 1. The molecule has 2 aromatic carbocycles. The fourth-order valence-corrected chi connectivity index (χ4v) is 1.70. The van der Waals surface area contributed by atoms with Crippen molar-refractivity contribution in [2.75, 3.05) is 0 Å². The molecule has 1 N–H and O–H groups in total. The topological polar surface area (TPSA) is 46.5 Å². The van der Waals surface area contributed by atoms with E-state index in [-0.39, 0.29) is 11.3 Å². The van der Waals surface area contributed by atoms with E-state index in [0.29, 0.717) is 5.75 Å². The quantitative estimate of drug-likeness (QED) is 0.664. The van der Waals surface area contributed by atoms with Gasteiger partial charge in [-0.3, -0.25) is 0 Å². The van der Waals surface area contributed by atoms with Crippen LogP contribution >= 0.6 is 0 Å². The van der Waals surface area contributed by atoms with Crippen LogP contribution in [0.3, 0.4) is 0 Å². The first kappa shape index (κ1) is 12.2. The van der Waals surface area contributed by atoms with Crippen LogP contribution in [-0.4, -0.2) is 11.1 Å². The van der Waals surface area contributed by atoms with Crippen LogP contribution in [0.4, 0.5) is 0 Å². The molecule has 92 valence electrons. The Morgan fingerprint density at radius 2 is 1.78 bits per heavy atom. The van der Waals surface area contributed by atoms with Crippen LogP contribution in [0.2, 0.25) is 0 Å². The molecule has 0 spiro atoms. The van der Waals surface area contributed by atoms with Gasteiger partial charge in [0.1, 0.15) is 17.1 Å². The summed E-state index contributed by atoms with van der Waals surface area (Å²) in [5, 5.41) is 9.58. The predicted molar refractivity (Wildman–Crippen MR) is 68.9 cm³/mol. The fourth-order valence-electron chi connectivity index (χ4n) is 1.70. The van der Waals surface area contributed by atoms with E-state index in [1.165, 1.54) is 12.1 Å². The SMILES string of the molecule is CCc1ccccc1OC(=O)c1ccccc1O. The van der Waals surface area contributed by atoms with Crippen molar-refractivity contribution in [2.45, 2.75) is 13.3 Å². The van der Waals surface area contributed by atoms with Gasteiger partial charge in [-0.2, -0.15) is 0 Å². The maximum atomic E-state index is 11.9. The number of ether oxygens (including phenoxy) is 1. The highest BCUT2D eigenvalue weighted by Gasteiger charge is 2.13. The van der Waals surface area contributed by atoms with E-state index in [1.54, 1.807) is 18.2 Å². The standard InChI is InChI=1S/C15H14O3/c1-2-11-7-3-6-10-14(11)18-15(17)12-8-4-5-9-13(12)16/h3-10,16H,2H2,1H3. The molecule has 0 aliphatic heterocycles. The van der Waals surface area contributed by atoms with Gasteiger partial charge >= 0.3 is 5.97 Å². The minimum absolute atomic E-state index is 0.0727. The second-order valence-electron chi connectivity index (χ2n) is 3.87. The van der Waals surface area contributed by atoms with Gasteiger partial charge in [-0.05, 0) is 30.2 Å². The Balaban J connectivity index is 2.24. The lowest BCUT2D eigenvalue weighted by atomic mass is 10.1. The second kappa shape index (κ2) is 5.36. The minimum atomic E-state index is -0.547. The van der Waals surface area contributed by atoms with Gasteiger partial charge in [0.05, 0.1) is 0 Å². The molecule has 0 saturated carbocycles. The number of benzene rings is 2. The lowest BCUT2D eigenvalue weighted by Crippen LogP contribution is -2.09. The molecule has 3 nitrogen and oxygen atoms in total. The van der Waals surface area contributed by atoms with Crippen molar-refractivity contribution >= 4 is 5.97 Å². The van der Waals surface area contributed by atoms with E-state index in [2.05, 4.69) is 0 Å².